The summed E-state index contributed by atoms with van der Waals surface area (Å²) in [7, 11) is 1.84. The average Bonchev–Trinajstić information content (AvgIpc) is 3.27. The smallest absolute Gasteiger partial charge is 0.329 e. The molecular formula is C22H24N6O4. The normalized spacial score (nSPS) is 17.5. The highest BCUT2D eigenvalue weighted by Crippen LogP contribution is 2.32. The number of anilines is 1. The Hall–Kier alpha value is -3.79. The lowest BCUT2D eigenvalue weighted by molar-refractivity contribution is -0.133. The Morgan fingerprint density at radius 3 is 2.72 bits per heavy atom. The first-order chi connectivity index (χ1) is 15.1. The van der Waals surface area contributed by atoms with Crippen LogP contribution in [-0.2, 0) is 11.8 Å². The Morgan fingerprint density at radius 1 is 1.31 bits per heavy atom. The van der Waals surface area contributed by atoms with Gasteiger partial charge in [0.25, 0.3) is 0 Å². The summed E-state index contributed by atoms with van der Waals surface area (Å²) in [5.74, 6) is 0.943. The number of nitrogens with zero attached hydrogens (tertiary/aromatic N) is 5. The van der Waals surface area contributed by atoms with Crippen molar-refractivity contribution in [3.05, 3.63) is 48.5 Å². The van der Waals surface area contributed by atoms with E-state index in [4.69, 9.17) is 4.74 Å². The molecule has 4 heterocycles. The van der Waals surface area contributed by atoms with Crippen LogP contribution in [0.5, 0.6) is 11.5 Å². The van der Waals surface area contributed by atoms with Gasteiger partial charge in [0.15, 0.2) is 0 Å². The third kappa shape index (κ3) is 4.04. The monoisotopic (exact) mass is 436 g/mol. The van der Waals surface area contributed by atoms with Crippen LogP contribution >= 0.6 is 0 Å². The first-order valence-corrected chi connectivity index (χ1v) is 10.1. The van der Waals surface area contributed by atoms with E-state index in [1.807, 2.05) is 13.2 Å². The van der Waals surface area contributed by atoms with Gasteiger partial charge in [0.1, 0.15) is 17.3 Å². The summed E-state index contributed by atoms with van der Waals surface area (Å²) in [5, 5.41) is 16.8. The summed E-state index contributed by atoms with van der Waals surface area (Å²) in [6.45, 7) is 4.92. The molecular weight excluding hydrogens is 412 g/mol. The lowest BCUT2D eigenvalue weighted by Gasteiger charge is -2.19. The van der Waals surface area contributed by atoms with Crippen molar-refractivity contribution in [2.45, 2.75) is 26.9 Å². The standard InChI is InChI=1S/C22H24N6O4/c1-13-17(32-15-7-8-23-16(9-15)14-10-24-27(4)11-14)5-6-19(25-13)26-21(31)28-12-18(29)22(2,3)20(28)30/h5-11,18,29H,12H2,1-4H3,(H,25,26,31). The molecule has 4 rings (SSSR count). The number of ether oxygens (including phenoxy) is 1. The summed E-state index contributed by atoms with van der Waals surface area (Å²) in [5.41, 5.74) is 1.15. The van der Waals surface area contributed by atoms with Gasteiger partial charge in [0, 0.05) is 31.1 Å². The third-order valence-electron chi connectivity index (χ3n) is 5.46. The Kier molecular flexibility index (Phi) is 5.39. The van der Waals surface area contributed by atoms with E-state index >= 15 is 0 Å². The Balaban J connectivity index is 1.46. The summed E-state index contributed by atoms with van der Waals surface area (Å²) in [4.78, 5) is 34.6. The van der Waals surface area contributed by atoms with Crippen LogP contribution in [0, 0.1) is 12.3 Å². The Morgan fingerprint density at radius 2 is 2.09 bits per heavy atom. The molecule has 1 atom stereocenters. The molecule has 3 aromatic rings. The van der Waals surface area contributed by atoms with E-state index in [9.17, 15) is 14.7 Å². The number of carbonyl (C=O) groups is 2. The number of carbonyl (C=O) groups excluding carboxylic acids is 2. The fourth-order valence-electron chi connectivity index (χ4n) is 3.37. The van der Waals surface area contributed by atoms with Gasteiger partial charge >= 0.3 is 6.03 Å². The van der Waals surface area contributed by atoms with E-state index in [0.29, 0.717) is 17.2 Å². The van der Waals surface area contributed by atoms with Crippen LogP contribution in [-0.4, -0.2) is 54.3 Å². The molecule has 0 bridgehead atoms. The number of rotatable bonds is 4. The van der Waals surface area contributed by atoms with Crippen LogP contribution in [0.25, 0.3) is 11.3 Å². The molecule has 3 amide bonds. The van der Waals surface area contributed by atoms with Gasteiger partial charge in [-0.15, -0.1) is 0 Å². The van der Waals surface area contributed by atoms with Crippen molar-refractivity contribution >= 4 is 17.8 Å². The predicted molar refractivity (Wildman–Crippen MR) is 116 cm³/mol. The molecule has 3 aromatic heterocycles. The number of hydrogen-bond acceptors (Lipinski definition) is 7. The molecule has 10 heteroatoms. The second-order valence-electron chi connectivity index (χ2n) is 8.24. The second kappa shape index (κ2) is 8.04. The van der Waals surface area contributed by atoms with Crippen LogP contribution in [0.4, 0.5) is 10.6 Å². The molecule has 1 unspecified atom stereocenters. The van der Waals surface area contributed by atoms with E-state index < -0.39 is 23.5 Å². The zero-order valence-electron chi connectivity index (χ0n) is 18.2. The summed E-state index contributed by atoms with van der Waals surface area (Å²) in [6, 6.07) is 6.19. The summed E-state index contributed by atoms with van der Waals surface area (Å²) < 4.78 is 7.65. The summed E-state index contributed by atoms with van der Waals surface area (Å²) >= 11 is 0. The van der Waals surface area contributed by atoms with Crippen molar-refractivity contribution in [2.24, 2.45) is 12.5 Å². The topological polar surface area (TPSA) is 122 Å². The van der Waals surface area contributed by atoms with Gasteiger partial charge in [0.2, 0.25) is 5.91 Å². The zero-order chi connectivity index (χ0) is 23.0. The minimum Gasteiger partial charge on any atom is -0.455 e. The van der Waals surface area contributed by atoms with Gasteiger partial charge in [-0.3, -0.25) is 24.7 Å². The van der Waals surface area contributed by atoms with E-state index in [0.717, 1.165) is 16.2 Å². The average molecular weight is 436 g/mol. The maximum absolute atomic E-state index is 12.5. The number of likely N-dealkylation sites (tertiary alicyclic amines) is 1. The number of aliphatic hydroxyl groups excluding tert-OH is 1. The third-order valence-corrected chi connectivity index (χ3v) is 5.46. The van der Waals surface area contributed by atoms with Gasteiger partial charge in [-0.1, -0.05) is 0 Å². The molecule has 1 fully saturated rings. The maximum atomic E-state index is 12.5. The highest BCUT2D eigenvalue weighted by Gasteiger charge is 2.48. The van der Waals surface area contributed by atoms with Gasteiger partial charge in [-0.2, -0.15) is 5.10 Å². The number of aryl methyl sites for hydroxylation is 2. The van der Waals surface area contributed by atoms with Gasteiger partial charge in [0.05, 0.1) is 35.6 Å². The van der Waals surface area contributed by atoms with Crippen molar-refractivity contribution in [1.29, 1.82) is 0 Å². The Bertz CT molecular complexity index is 1190. The lowest BCUT2D eigenvalue weighted by Crippen LogP contribution is -2.39. The molecule has 0 aromatic carbocycles. The molecule has 1 aliphatic heterocycles. The van der Waals surface area contributed by atoms with Gasteiger partial charge in [-0.05, 0) is 39.0 Å². The maximum Gasteiger partial charge on any atom is 0.329 e. The highest BCUT2D eigenvalue weighted by molar-refractivity contribution is 6.04. The number of imide groups is 1. The molecule has 0 saturated carbocycles. The SMILES string of the molecule is Cc1nc(NC(=O)N2CC(O)C(C)(C)C2=O)ccc1Oc1ccnc(-c2cnn(C)c2)c1. The molecule has 0 spiro atoms. The molecule has 10 nitrogen and oxygen atoms in total. The molecule has 32 heavy (non-hydrogen) atoms. The van der Waals surface area contributed by atoms with E-state index in [1.54, 1.807) is 62.1 Å². The predicted octanol–water partition coefficient (Wildman–Crippen LogP) is 2.74. The van der Waals surface area contributed by atoms with Crippen molar-refractivity contribution in [3.8, 4) is 22.8 Å². The number of hydrogen-bond donors (Lipinski definition) is 2. The van der Waals surface area contributed by atoms with Crippen LogP contribution in [0.2, 0.25) is 0 Å². The number of β-amino-alcohol motifs (C(OH)–C–C–N with tert-alkyl or cyclic N) is 1. The van der Waals surface area contributed by atoms with Gasteiger partial charge in [-0.25, -0.2) is 9.78 Å². The fourth-order valence-corrected chi connectivity index (χ4v) is 3.37. The molecule has 0 radical (unpaired) electrons. The minimum absolute atomic E-state index is 0.0564. The molecule has 0 aliphatic carbocycles. The molecule has 2 N–H and O–H groups in total. The summed E-state index contributed by atoms with van der Waals surface area (Å²) in [6.07, 6.45) is 4.32. The fraction of sp³-hybridized carbons (Fsp3) is 0.318. The van der Waals surface area contributed by atoms with Crippen molar-refractivity contribution in [2.75, 3.05) is 11.9 Å². The minimum atomic E-state index is -1.00. The molecule has 166 valence electrons. The largest absolute Gasteiger partial charge is 0.455 e. The van der Waals surface area contributed by atoms with E-state index in [-0.39, 0.29) is 12.4 Å². The van der Waals surface area contributed by atoms with Crippen LogP contribution in [0.1, 0.15) is 19.5 Å². The van der Waals surface area contributed by atoms with Crippen LogP contribution in [0.15, 0.2) is 42.9 Å². The number of pyridine rings is 2. The second-order valence-corrected chi connectivity index (χ2v) is 8.24. The first-order valence-electron chi connectivity index (χ1n) is 10.1. The lowest BCUT2D eigenvalue weighted by atomic mass is 9.89. The van der Waals surface area contributed by atoms with Crippen molar-refractivity contribution in [3.63, 3.8) is 0 Å². The van der Waals surface area contributed by atoms with Crippen molar-refractivity contribution < 1.29 is 19.4 Å². The highest BCUT2D eigenvalue weighted by atomic mass is 16.5. The number of amides is 3. The first kappa shape index (κ1) is 21.4. The van der Waals surface area contributed by atoms with E-state index in [1.165, 1.54) is 0 Å². The number of nitrogens with one attached hydrogen (secondary N) is 1. The Labute approximate surface area is 184 Å². The van der Waals surface area contributed by atoms with Crippen molar-refractivity contribution in [1.82, 2.24) is 24.6 Å². The molecule has 1 aliphatic rings. The molecule has 1 saturated heterocycles. The quantitative estimate of drug-likeness (QED) is 0.645. The number of aliphatic hydroxyl groups is 1. The zero-order valence-corrected chi connectivity index (χ0v) is 18.2. The van der Waals surface area contributed by atoms with Crippen LogP contribution in [0.3, 0.4) is 0 Å². The number of aromatic nitrogens is 4. The van der Waals surface area contributed by atoms with Crippen LogP contribution < -0.4 is 10.1 Å². The van der Waals surface area contributed by atoms with E-state index in [2.05, 4.69) is 20.4 Å². The number of urea groups is 1. The van der Waals surface area contributed by atoms with Gasteiger partial charge < -0.3 is 9.84 Å².